The number of ether oxygens (including phenoxy) is 1. The third kappa shape index (κ3) is 3.39. The molecule has 110 valence electrons. The average molecular weight is 279 g/mol. The predicted octanol–water partition coefficient (Wildman–Crippen LogP) is 1.08. The summed E-state index contributed by atoms with van der Waals surface area (Å²) in [5.41, 5.74) is 0.313. The minimum atomic E-state index is -0.230. The molecule has 6 heteroatoms. The van der Waals surface area contributed by atoms with Crippen molar-refractivity contribution in [3.05, 3.63) is 34.2 Å². The number of hydrogen-bond donors (Lipinski definition) is 2. The number of rotatable bonds is 5. The standard InChI is InChI=1S/C14H21N3O3/c1-4-20-14(2)8-11(14)16-13(19)17(3)9-10-6-5-7-12(18)15-10/h5-7,11H,4,8-9H2,1-3H3,(H,15,18)(H,16,19)/t11-,14+/m1/s1. The number of hydrogen-bond acceptors (Lipinski definition) is 3. The average Bonchev–Trinajstić information content (AvgIpc) is 2.99. The first kappa shape index (κ1) is 14.6. The first-order chi connectivity index (χ1) is 9.44. The van der Waals surface area contributed by atoms with Crippen LogP contribution in [0.25, 0.3) is 0 Å². The summed E-state index contributed by atoms with van der Waals surface area (Å²) in [7, 11) is 1.70. The van der Waals surface area contributed by atoms with Crippen LogP contribution in [0.2, 0.25) is 0 Å². The quantitative estimate of drug-likeness (QED) is 0.847. The zero-order valence-corrected chi connectivity index (χ0v) is 12.1. The van der Waals surface area contributed by atoms with Crippen LogP contribution >= 0.6 is 0 Å². The second kappa shape index (κ2) is 5.66. The smallest absolute Gasteiger partial charge is 0.317 e. The van der Waals surface area contributed by atoms with Crippen LogP contribution in [0, 0.1) is 0 Å². The molecule has 2 amide bonds. The van der Waals surface area contributed by atoms with Gasteiger partial charge in [-0.25, -0.2) is 4.79 Å². The summed E-state index contributed by atoms with van der Waals surface area (Å²) in [6.45, 7) is 4.94. The molecule has 1 fully saturated rings. The van der Waals surface area contributed by atoms with Gasteiger partial charge in [-0.1, -0.05) is 6.07 Å². The Bertz CT molecular complexity index is 542. The molecule has 1 aromatic rings. The summed E-state index contributed by atoms with van der Waals surface area (Å²) in [6.07, 6.45) is 0.836. The van der Waals surface area contributed by atoms with Gasteiger partial charge in [0.25, 0.3) is 0 Å². The lowest BCUT2D eigenvalue weighted by atomic mass is 10.3. The molecule has 1 heterocycles. The highest BCUT2D eigenvalue weighted by Gasteiger charge is 2.52. The number of carbonyl (C=O) groups excluding carboxylic acids is 1. The SMILES string of the molecule is CCO[C@@]1(C)C[C@H]1NC(=O)N(C)Cc1cccc(=O)[nH]1. The van der Waals surface area contributed by atoms with E-state index in [1.165, 1.54) is 11.0 Å². The molecule has 0 unspecified atom stereocenters. The molecule has 0 spiro atoms. The van der Waals surface area contributed by atoms with Crippen molar-refractivity contribution in [2.24, 2.45) is 0 Å². The van der Waals surface area contributed by atoms with E-state index in [2.05, 4.69) is 10.3 Å². The van der Waals surface area contributed by atoms with Crippen molar-refractivity contribution in [3.8, 4) is 0 Å². The molecular formula is C14H21N3O3. The fraction of sp³-hybridized carbons (Fsp3) is 0.571. The summed E-state index contributed by atoms with van der Waals surface area (Å²) < 4.78 is 5.59. The van der Waals surface area contributed by atoms with E-state index in [0.29, 0.717) is 18.8 Å². The highest BCUT2D eigenvalue weighted by atomic mass is 16.5. The van der Waals surface area contributed by atoms with Crippen molar-refractivity contribution in [2.45, 2.75) is 38.5 Å². The van der Waals surface area contributed by atoms with E-state index in [9.17, 15) is 9.59 Å². The van der Waals surface area contributed by atoms with Crippen LogP contribution in [0.3, 0.4) is 0 Å². The normalized spacial score (nSPS) is 24.2. The monoisotopic (exact) mass is 279 g/mol. The summed E-state index contributed by atoms with van der Waals surface area (Å²) in [6, 6.07) is 4.80. The lowest BCUT2D eigenvalue weighted by molar-refractivity contribution is 0.0487. The van der Waals surface area contributed by atoms with Gasteiger partial charge in [0.15, 0.2) is 0 Å². The van der Waals surface area contributed by atoms with Crippen LogP contribution in [0.15, 0.2) is 23.0 Å². The number of amides is 2. The van der Waals surface area contributed by atoms with Crippen molar-refractivity contribution in [3.63, 3.8) is 0 Å². The van der Waals surface area contributed by atoms with E-state index in [0.717, 1.165) is 6.42 Å². The van der Waals surface area contributed by atoms with Crippen molar-refractivity contribution in [1.82, 2.24) is 15.2 Å². The maximum absolute atomic E-state index is 12.0. The number of nitrogens with one attached hydrogen (secondary N) is 2. The van der Waals surface area contributed by atoms with Gasteiger partial charge < -0.3 is 19.9 Å². The number of urea groups is 1. The van der Waals surface area contributed by atoms with Gasteiger partial charge in [-0.2, -0.15) is 0 Å². The van der Waals surface area contributed by atoms with Crippen molar-refractivity contribution < 1.29 is 9.53 Å². The first-order valence-electron chi connectivity index (χ1n) is 6.78. The highest BCUT2D eigenvalue weighted by molar-refractivity contribution is 5.74. The van der Waals surface area contributed by atoms with E-state index >= 15 is 0 Å². The highest BCUT2D eigenvalue weighted by Crippen LogP contribution is 2.39. The van der Waals surface area contributed by atoms with E-state index in [4.69, 9.17) is 4.74 Å². The molecule has 1 aliphatic carbocycles. The van der Waals surface area contributed by atoms with E-state index < -0.39 is 0 Å². The number of nitrogens with zero attached hydrogens (tertiary/aromatic N) is 1. The molecule has 0 radical (unpaired) electrons. The summed E-state index contributed by atoms with van der Waals surface area (Å²) in [5.74, 6) is 0. The number of aromatic amines is 1. The van der Waals surface area contributed by atoms with Gasteiger partial charge in [0.05, 0.1) is 18.2 Å². The molecule has 0 aromatic carbocycles. The number of carbonyl (C=O) groups is 1. The molecule has 0 saturated heterocycles. The Balaban J connectivity index is 1.86. The molecule has 1 saturated carbocycles. The third-order valence-electron chi connectivity index (χ3n) is 3.54. The molecule has 2 atom stereocenters. The van der Waals surface area contributed by atoms with Crippen LogP contribution in [0.1, 0.15) is 26.0 Å². The minimum absolute atomic E-state index is 0.0622. The van der Waals surface area contributed by atoms with Gasteiger partial charge in [0, 0.05) is 31.8 Å². The van der Waals surface area contributed by atoms with Crippen LogP contribution in [-0.2, 0) is 11.3 Å². The summed E-state index contributed by atoms with van der Waals surface area (Å²) >= 11 is 0. The van der Waals surface area contributed by atoms with Crippen LogP contribution in [0.5, 0.6) is 0 Å². The Morgan fingerprint density at radius 1 is 1.60 bits per heavy atom. The molecule has 1 aromatic heterocycles. The Labute approximate surface area is 118 Å². The Hall–Kier alpha value is -1.82. The molecule has 0 bridgehead atoms. The number of H-pyrrole nitrogens is 1. The van der Waals surface area contributed by atoms with Crippen LogP contribution < -0.4 is 10.9 Å². The van der Waals surface area contributed by atoms with Gasteiger partial charge >= 0.3 is 6.03 Å². The molecule has 2 rings (SSSR count). The Morgan fingerprint density at radius 2 is 2.35 bits per heavy atom. The van der Waals surface area contributed by atoms with Gasteiger partial charge in [-0.15, -0.1) is 0 Å². The second-order valence-electron chi connectivity index (χ2n) is 5.35. The first-order valence-corrected chi connectivity index (χ1v) is 6.78. The maximum Gasteiger partial charge on any atom is 0.317 e. The maximum atomic E-state index is 12.0. The molecule has 20 heavy (non-hydrogen) atoms. The third-order valence-corrected chi connectivity index (χ3v) is 3.54. The van der Waals surface area contributed by atoms with E-state index in [-0.39, 0.29) is 23.2 Å². The number of pyridine rings is 1. The Kier molecular flexibility index (Phi) is 4.13. The van der Waals surface area contributed by atoms with E-state index in [1.54, 1.807) is 19.2 Å². The molecule has 0 aliphatic heterocycles. The fourth-order valence-corrected chi connectivity index (χ4v) is 2.21. The van der Waals surface area contributed by atoms with Crippen molar-refractivity contribution in [1.29, 1.82) is 0 Å². The van der Waals surface area contributed by atoms with Crippen LogP contribution in [0.4, 0.5) is 4.79 Å². The van der Waals surface area contributed by atoms with Gasteiger partial charge in [-0.05, 0) is 19.9 Å². The topological polar surface area (TPSA) is 74.4 Å². The lowest BCUT2D eigenvalue weighted by Gasteiger charge is -2.19. The lowest BCUT2D eigenvalue weighted by Crippen LogP contribution is -2.41. The second-order valence-corrected chi connectivity index (χ2v) is 5.35. The van der Waals surface area contributed by atoms with Crippen molar-refractivity contribution >= 4 is 6.03 Å². The van der Waals surface area contributed by atoms with Gasteiger partial charge in [0.1, 0.15) is 0 Å². The predicted molar refractivity (Wildman–Crippen MR) is 75.5 cm³/mol. The minimum Gasteiger partial charge on any atom is -0.373 e. The molecule has 1 aliphatic rings. The van der Waals surface area contributed by atoms with E-state index in [1.807, 2.05) is 13.8 Å². The molecule has 6 nitrogen and oxygen atoms in total. The van der Waals surface area contributed by atoms with Gasteiger partial charge in [0.2, 0.25) is 5.56 Å². The summed E-state index contributed by atoms with van der Waals surface area (Å²) in [4.78, 5) is 27.5. The van der Waals surface area contributed by atoms with Crippen LogP contribution in [-0.4, -0.2) is 41.2 Å². The molecular weight excluding hydrogens is 258 g/mol. The molecule has 2 N–H and O–H groups in total. The largest absolute Gasteiger partial charge is 0.373 e. The Morgan fingerprint density at radius 3 is 3.00 bits per heavy atom. The van der Waals surface area contributed by atoms with Crippen molar-refractivity contribution in [2.75, 3.05) is 13.7 Å². The fourth-order valence-electron chi connectivity index (χ4n) is 2.21. The number of aromatic nitrogens is 1. The zero-order chi connectivity index (χ0) is 14.8. The van der Waals surface area contributed by atoms with Gasteiger partial charge in [-0.3, -0.25) is 4.79 Å². The zero-order valence-electron chi connectivity index (χ0n) is 12.1. The summed E-state index contributed by atoms with van der Waals surface area (Å²) in [5, 5.41) is 2.93.